The third kappa shape index (κ3) is 3.51. The molecule has 1 atom stereocenters. The summed E-state index contributed by atoms with van der Waals surface area (Å²) in [5.41, 5.74) is 0.714. The number of rotatable bonds is 2. The molecule has 1 N–H and O–H groups in total. The van der Waals surface area contributed by atoms with Crippen molar-refractivity contribution in [3.05, 3.63) is 10.8 Å². The molecule has 0 amide bonds. The first-order chi connectivity index (χ1) is 8.15. The predicted octanol–water partition coefficient (Wildman–Crippen LogP) is 1.73. The maximum atomic E-state index is 5.80. The number of aryl methyl sites for hydroxylation is 1. The minimum Gasteiger partial charge on any atom is -0.349 e. The van der Waals surface area contributed by atoms with Gasteiger partial charge in [-0.05, 0) is 33.4 Å². The van der Waals surface area contributed by atoms with Crippen LogP contribution < -0.4 is 5.32 Å². The summed E-state index contributed by atoms with van der Waals surface area (Å²) in [5.74, 6) is 0.576. The van der Waals surface area contributed by atoms with Crippen LogP contribution in [0.1, 0.15) is 25.0 Å². The highest BCUT2D eigenvalue weighted by Gasteiger charge is 2.16. The van der Waals surface area contributed by atoms with Crippen LogP contribution in [0, 0.1) is 6.92 Å². The minimum atomic E-state index is 0.369. The molecule has 94 valence electrons. The molecule has 1 aliphatic heterocycles. The van der Waals surface area contributed by atoms with Crippen molar-refractivity contribution in [3.8, 4) is 0 Å². The van der Waals surface area contributed by atoms with E-state index in [0.717, 1.165) is 19.5 Å². The lowest BCUT2D eigenvalue weighted by Gasteiger charge is -2.20. The van der Waals surface area contributed by atoms with Gasteiger partial charge in [0.2, 0.25) is 5.95 Å². The second-order valence-electron chi connectivity index (χ2n) is 4.61. The van der Waals surface area contributed by atoms with Gasteiger partial charge in [0.1, 0.15) is 0 Å². The Balaban J connectivity index is 2.01. The summed E-state index contributed by atoms with van der Waals surface area (Å²) in [7, 11) is 2.15. The van der Waals surface area contributed by atoms with Gasteiger partial charge in [0.25, 0.3) is 0 Å². The van der Waals surface area contributed by atoms with E-state index in [9.17, 15) is 0 Å². The van der Waals surface area contributed by atoms with Crippen molar-refractivity contribution in [2.45, 2.75) is 32.2 Å². The summed E-state index contributed by atoms with van der Waals surface area (Å²) < 4.78 is 0. The fraction of sp³-hybridized carbons (Fsp3) is 0.727. The monoisotopic (exact) mass is 255 g/mol. The van der Waals surface area contributed by atoms with E-state index < -0.39 is 0 Å². The highest BCUT2D eigenvalue weighted by molar-refractivity contribution is 6.29. The fourth-order valence-electron chi connectivity index (χ4n) is 2.08. The smallest absolute Gasteiger partial charge is 0.243 e. The van der Waals surface area contributed by atoms with E-state index in [-0.39, 0.29) is 0 Å². The van der Waals surface area contributed by atoms with Gasteiger partial charge in [-0.15, -0.1) is 10.2 Å². The van der Waals surface area contributed by atoms with Crippen molar-refractivity contribution < 1.29 is 0 Å². The average Bonchev–Trinajstić information content (AvgIpc) is 2.48. The second-order valence-corrected chi connectivity index (χ2v) is 4.97. The maximum absolute atomic E-state index is 5.80. The lowest BCUT2D eigenvalue weighted by molar-refractivity contribution is 0.338. The van der Waals surface area contributed by atoms with Gasteiger partial charge in [0.05, 0.1) is 5.69 Å². The van der Waals surface area contributed by atoms with Crippen molar-refractivity contribution in [3.63, 3.8) is 0 Å². The number of likely N-dealkylation sites (tertiary alicyclic amines) is 1. The summed E-state index contributed by atoms with van der Waals surface area (Å²) >= 11 is 5.80. The maximum Gasteiger partial charge on any atom is 0.243 e. The summed E-state index contributed by atoms with van der Waals surface area (Å²) in [6.07, 6.45) is 3.64. The molecule has 1 aliphatic rings. The fourth-order valence-corrected chi connectivity index (χ4v) is 2.16. The number of halogens is 1. The molecular weight excluding hydrogens is 238 g/mol. The quantitative estimate of drug-likeness (QED) is 0.872. The number of likely N-dealkylation sites (N-methyl/N-ethyl adjacent to an activating group) is 1. The topological polar surface area (TPSA) is 53.9 Å². The molecule has 1 aromatic rings. The van der Waals surface area contributed by atoms with Crippen LogP contribution in [0.3, 0.4) is 0 Å². The molecule has 1 aromatic heterocycles. The highest BCUT2D eigenvalue weighted by atomic mass is 35.5. The molecule has 0 radical (unpaired) electrons. The first-order valence-corrected chi connectivity index (χ1v) is 6.35. The molecule has 17 heavy (non-hydrogen) atoms. The van der Waals surface area contributed by atoms with Crippen molar-refractivity contribution in [1.82, 2.24) is 20.1 Å². The van der Waals surface area contributed by atoms with E-state index in [1.807, 2.05) is 6.92 Å². The van der Waals surface area contributed by atoms with Crippen LogP contribution in [0.15, 0.2) is 0 Å². The molecule has 0 aliphatic carbocycles. The first kappa shape index (κ1) is 12.5. The zero-order chi connectivity index (χ0) is 12.3. The van der Waals surface area contributed by atoms with Gasteiger partial charge in [-0.25, -0.2) is 4.98 Å². The Kier molecular flexibility index (Phi) is 4.12. The summed E-state index contributed by atoms with van der Waals surface area (Å²) in [6.45, 7) is 4.02. The minimum absolute atomic E-state index is 0.369. The molecule has 0 saturated carbocycles. The second kappa shape index (κ2) is 5.60. The van der Waals surface area contributed by atoms with E-state index in [1.165, 1.54) is 12.8 Å². The van der Waals surface area contributed by atoms with E-state index in [1.54, 1.807) is 0 Å². The third-order valence-electron chi connectivity index (χ3n) is 3.01. The Morgan fingerprint density at radius 1 is 1.35 bits per heavy atom. The van der Waals surface area contributed by atoms with Crippen LogP contribution in [0.4, 0.5) is 5.95 Å². The van der Waals surface area contributed by atoms with Gasteiger partial charge in [0.15, 0.2) is 5.15 Å². The Hall–Kier alpha value is -0.940. The molecular formula is C11H18ClN5. The zero-order valence-electron chi connectivity index (χ0n) is 10.3. The van der Waals surface area contributed by atoms with Crippen LogP contribution in [0.2, 0.25) is 5.15 Å². The van der Waals surface area contributed by atoms with Crippen LogP contribution in [-0.4, -0.2) is 46.3 Å². The van der Waals surface area contributed by atoms with E-state index in [4.69, 9.17) is 11.6 Å². The number of nitrogens with one attached hydrogen (secondary N) is 1. The zero-order valence-corrected chi connectivity index (χ0v) is 11.0. The molecule has 0 aromatic carbocycles. The number of nitrogens with zero attached hydrogens (tertiary/aromatic N) is 4. The average molecular weight is 256 g/mol. The van der Waals surface area contributed by atoms with Crippen LogP contribution in [-0.2, 0) is 0 Å². The van der Waals surface area contributed by atoms with Gasteiger partial charge < -0.3 is 10.2 Å². The van der Waals surface area contributed by atoms with Gasteiger partial charge in [-0.3, -0.25) is 0 Å². The molecule has 0 bridgehead atoms. The van der Waals surface area contributed by atoms with Gasteiger partial charge >= 0.3 is 0 Å². The number of hydrogen-bond donors (Lipinski definition) is 1. The first-order valence-electron chi connectivity index (χ1n) is 5.97. The normalized spacial score (nSPS) is 22.2. The molecule has 1 fully saturated rings. The lowest BCUT2D eigenvalue weighted by atomic mass is 10.1. The molecule has 1 saturated heterocycles. The Morgan fingerprint density at radius 3 is 2.94 bits per heavy atom. The van der Waals surface area contributed by atoms with Crippen LogP contribution in [0.5, 0.6) is 0 Å². The number of aromatic nitrogens is 3. The van der Waals surface area contributed by atoms with E-state index in [2.05, 4.69) is 32.4 Å². The lowest BCUT2D eigenvalue weighted by Crippen LogP contribution is -2.33. The number of anilines is 1. The number of hydrogen-bond acceptors (Lipinski definition) is 5. The van der Waals surface area contributed by atoms with Crippen LogP contribution in [0.25, 0.3) is 0 Å². The predicted molar refractivity (Wildman–Crippen MR) is 68.3 cm³/mol. The van der Waals surface area contributed by atoms with Gasteiger partial charge in [-0.1, -0.05) is 18.0 Å². The van der Waals surface area contributed by atoms with Gasteiger partial charge in [0, 0.05) is 12.6 Å². The highest BCUT2D eigenvalue weighted by Crippen LogP contribution is 2.14. The van der Waals surface area contributed by atoms with Crippen molar-refractivity contribution >= 4 is 17.5 Å². The Bertz CT molecular complexity index is 384. The van der Waals surface area contributed by atoms with Crippen LogP contribution >= 0.6 is 11.6 Å². The largest absolute Gasteiger partial charge is 0.349 e. The SMILES string of the molecule is Cc1nc(N[C@@H]2CCCCN(C)C2)nnc1Cl. The van der Waals surface area contributed by atoms with Gasteiger partial charge in [-0.2, -0.15) is 0 Å². The Labute approximate surface area is 107 Å². The molecule has 5 nitrogen and oxygen atoms in total. The Morgan fingerprint density at radius 2 is 2.18 bits per heavy atom. The molecule has 2 rings (SSSR count). The van der Waals surface area contributed by atoms with Crippen molar-refractivity contribution in [2.24, 2.45) is 0 Å². The third-order valence-corrected chi connectivity index (χ3v) is 3.36. The standard InChI is InChI=1S/C11H18ClN5/c1-8-10(12)15-16-11(13-8)14-9-5-3-4-6-17(2)7-9/h9H,3-7H2,1-2H3,(H,13,14,16)/t9-/m1/s1. The van der Waals surface area contributed by atoms with Crippen molar-refractivity contribution in [1.29, 1.82) is 0 Å². The summed E-state index contributed by atoms with van der Waals surface area (Å²) in [5, 5.41) is 11.5. The molecule has 0 spiro atoms. The molecule has 6 heteroatoms. The molecule has 0 unspecified atom stereocenters. The molecule has 2 heterocycles. The van der Waals surface area contributed by atoms with E-state index in [0.29, 0.717) is 22.8 Å². The summed E-state index contributed by atoms with van der Waals surface area (Å²) in [6, 6.07) is 0.393. The van der Waals surface area contributed by atoms with Crippen molar-refractivity contribution in [2.75, 3.05) is 25.5 Å². The van der Waals surface area contributed by atoms with E-state index >= 15 is 0 Å². The summed E-state index contributed by atoms with van der Waals surface area (Å²) in [4.78, 5) is 6.62.